The first kappa shape index (κ1) is 12.5. The maximum Gasteiger partial charge on any atom is 0.155 e. The SMILES string of the molecule is F[C@H]1CNC[C@@H]1N1CC=CC=C1c1cnc2cnccn12. The Balaban J connectivity index is 1.77. The van der Waals surface area contributed by atoms with Crippen LogP contribution in [0.25, 0.3) is 11.3 Å². The number of halogens is 1. The molecule has 2 aromatic rings. The van der Waals surface area contributed by atoms with Gasteiger partial charge in [0.05, 0.1) is 29.8 Å². The first-order chi connectivity index (χ1) is 10.3. The second-order valence-electron chi connectivity index (χ2n) is 5.32. The lowest BCUT2D eigenvalue weighted by molar-refractivity contribution is 0.215. The van der Waals surface area contributed by atoms with Gasteiger partial charge in [-0.05, 0) is 6.08 Å². The van der Waals surface area contributed by atoms with Gasteiger partial charge >= 0.3 is 0 Å². The van der Waals surface area contributed by atoms with Crippen LogP contribution < -0.4 is 5.32 Å². The third kappa shape index (κ3) is 2.03. The first-order valence-electron chi connectivity index (χ1n) is 7.10. The van der Waals surface area contributed by atoms with Gasteiger partial charge in [-0.3, -0.25) is 9.38 Å². The molecule has 2 aromatic heterocycles. The zero-order valence-corrected chi connectivity index (χ0v) is 11.5. The predicted octanol–water partition coefficient (Wildman–Crippen LogP) is 1.25. The minimum Gasteiger partial charge on any atom is -0.359 e. The fourth-order valence-electron chi connectivity index (χ4n) is 3.04. The fraction of sp³-hybridized carbons (Fsp3) is 0.333. The molecule has 2 aliphatic heterocycles. The summed E-state index contributed by atoms with van der Waals surface area (Å²) in [6, 6.07) is -0.131. The van der Waals surface area contributed by atoms with Crippen molar-refractivity contribution >= 4 is 11.3 Å². The Morgan fingerprint density at radius 1 is 1.29 bits per heavy atom. The van der Waals surface area contributed by atoms with Gasteiger partial charge in [-0.1, -0.05) is 12.2 Å². The summed E-state index contributed by atoms with van der Waals surface area (Å²) in [5.74, 6) is 0. The largest absolute Gasteiger partial charge is 0.359 e. The number of hydrogen-bond donors (Lipinski definition) is 1. The van der Waals surface area contributed by atoms with Crippen LogP contribution in [0, 0.1) is 0 Å². The van der Waals surface area contributed by atoms with Crippen molar-refractivity contribution in [3.8, 4) is 0 Å². The average molecular weight is 285 g/mol. The van der Waals surface area contributed by atoms with Crippen LogP contribution in [0.2, 0.25) is 0 Å². The molecule has 21 heavy (non-hydrogen) atoms. The molecule has 0 unspecified atom stereocenters. The molecule has 4 rings (SSSR count). The van der Waals surface area contributed by atoms with Gasteiger partial charge in [0, 0.05) is 32.0 Å². The number of alkyl halides is 1. The summed E-state index contributed by atoms with van der Waals surface area (Å²) in [5, 5.41) is 3.12. The van der Waals surface area contributed by atoms with Crippen molar-refractivity contribution in [2.45, 2.75) is 12.2 Å². The topological polar surface area (TPSA) is 45.5 Å². The summed E-state index contributed by atoms with van der Waals surface area (Å²) in [6.07, 6.45) is 12.4. The van der Waals surface area contributed by atoms with Gasteiger partial charge in [-0.15, -0.1) is 0 Å². The molecule has 0 aromatic carbocycles. The normalized spacial score (nSPS) is 25.6. The van der Waals surface area contributed by atoms with E-state index in [4.69, 9.17) is 0 Å². The van der Waals surface area contributed by atoms with E-state index < -0.39 is 6.17 Å². The zero-order valence-electron chi connectivity index (χ0n) is 11.5. The number of aromatic nitrogens is 3. The lowest BCUT2D eigenvalue weighted by Crippen LogP contribution is -2.41. The van der Waals surface area contributed by atoms with Crippen LogP contribution in [0.1, 0.15) is 5.69 Å². The smallest absolute Gasteiger partial charge is 0.155 e. The van der Waals surface area contributed by atoms with E-state index >= 15 is 0 Å². The highest BCUT2D eigenvalue weighted by Crippen LogP contribution is 2.28. The molecule has 6 heteroatoms. The molecule has 0 bridgehead atoms. The highest BCUT2D eigenvalue weighted by atomic mass is 19.1. The Morgan fingerprint density at radius 2 is 2.24 bits per heavy atom. The van der Waals surface area contributed by atoms with Crippen LogP contribution in [-0.2, 0) is 0 Å². The second-order valence-corrected chi connectivity index (χ2v) is 5.32. The lowest BCUT2D eigenvalue weighted by atomic mass is 10.1. The van der Waals surface area contributed by atoms with Crippen molar-refractivity contribution in [2.75, 3.05) is 19.6 Å². The molecule has 1 fully saturated rings. The Hall–Kier alpha value is -2.21. The molecule has 1 N–H and O–H groups in total. The van der Waals surface area contributed by atoms with E-state index in [1.165, 1.54) is 0 Å². The van der Waals surface area contributed by atoms with Gasteiger partial charge in [0.15, 0.2) is 5.65 Å². The standard InChI is InChI=1S/C15H16FN5/c16-11-7-18-8-13(11)20-5-2-1-3-12(20)14-9-19-15-10-17-4-6-21(14)15/h1-4,6,9-11,13,18H,5,7-8H2/t11-,13-/m0/s1. The number of allylic oxidation sites excluding steroid dienone is 2. The van der Waals surface area contributed by atoms with Crippen LogP contribution >= 0.6 is 0 Å². The summed E-state index contributed by atoms with van der Waals surface area (Å²) in [6.45, 7) is 1.82. The molecule has 0 aliphatic carbocycles. The third-order valence-electron chi connectivity index (χ3n) is 4.09. The maximum absolute atomic E-state index is 14.1. The molecule has 0 spiro atoms. The van der Waals surface area contributed by atoms with Crippen molar-refractivity contribution in [1.82, 2.24) is 24.6 Å². The van der Waals surface area contributed by atoms with E-state index in [-0.39, 0.29) is 6.04 Å². The summed E-state index contributed by atoms with van der Waals surface area (Å²) in [7, 11) is 0. The van der Waals surface area contributed by atoms with E-state index in [1.807, 2.05) is 28.9 Å². The zero-order chi connectivity index (χ0) is 14.2. The van der Waals surface area contributed by atoms with Gasteiger partial charge in [-0.25, -0.2) is 9.37 Å². The molecule has 108 valence electrons. The number of imidazole rings is 1. The monoisotopic (exact) mass is 285 g/mol. The number of nitrogens with zero attached hydrogens (tertiary/aromatic N) is 4. The second kappa shape index (κ2) is 4.96. The van der Waals surface area contributed by atoms with Crippen LogP contribution in [0.15, 0.2) is 43.0 Å². The molecule has 4 heterocycles. The lowest BCUT2D eigenvalue weighted by Gasteiger charge is -2.34. The fourth-order valence-corrected chi connectivity index (χ4v) is 3.04. The van der Waals surface area contributed by atoms with Crippen molar-refractivity contribution in [1.29, 1.82) is 0 Å². The van der Waals surface area contributed by atoms with Gasteiger partial charge in [0.1, 0.15) is 6.17 Å². The summed E-state index contributed by atoms with van der Waals surface area (Å²) >= 11 is 0. The number of hydrogen-bond acceptors (Lipinski definition) is 4. The summed E-state index contributed by atoms with van der Waals surface area (Å²) < 4.78 is 16.1. The Bertz CT molecular complexity index is 720. The molecule has 1 saturated heterocycles. The summed E-state index contributed by atoms with van der Waals surface area (Å²) in [5.41, 5.74) is 2.77. The van der Waals surface area contributed by atoms with Crippen molar-refractivity contribution in [2.24, 2.45) is 0 Å². The highest BCUT2D eigenvalue weighted by molar-refractivity contribution is 5.67. The first-order valence-corrected chi connectivity index (χ1v) is 7.10. The van der Waals surface area contributed by atoms with Gasteiger partial charge in [0.2, 0.25) is 0 Å². The number of fused-ring (bicyclic) bond motifs is 1. The van der Waals surface area contributed by atoms with Gasteiger partial charge in [-0.2, -0.15) is 0 Å². The molecule has 0 radical (unpaired) electrons. The highest BCUT2D eigenvalue weighted by Gasteiger charge is 2.34. The molecule has 0 amide bonds. The van der Waals surface area contributed by atoms with E-state index in [0.717, 1.165) is 23.6 Å². The predicted molar refractivity (Wildman–Crippen MR) is 78.4 cm³/mol. The molecule has 5 nitrogen and oxygen atoms in total. The van der Waals surface area contributed by atoms with Crippen molar-refractivity contribution in [3.05, 3.63) is 48.7 Å². The Morgan fingerprint density at radius 3 is 3.10 bits per heavy atom. The third-order valence-corrected chi connectivity index (χ3v) is 4.09. The minimum absolute atomic E-state index is 0.131. The molecular weight excluding hydrogens is 269 g/mol. The van der Waals surface area contributed by atoms with Crippen LogP contribution in [0.4, 0.5) is 4.39 Å². The van der Waals surface area contributed by atoms with Gasteiger partial charge in [0.25, 0.3) is 0 Å². The number of rotatable bonds is 2. The van der Waals surface area contributed by atoms with E-state index in [0.29, 0.717) is 13.1 Å². The Kier molecular flexibility index (Phi) is 2.96. The van der Waals surface area contributed by atoms with Crippen LogP contribution in [-0.4, -0.2) is 51.1 Å². The minimum atomic E-state index is -0.847. The van der Waals surface area contributed by atoms with Crippen molar-refractivity contribution in [3.63, 3.8) is 0 Å². The van der Waals surface area contributed by atoms with Gasteiger partial charge < -0.3 is 10.2 Å². The van der Waals surface area contributed by atoms with Crippen LogP contribution in [0.3, 0.4) is 0 Å². The quantitative estimate of drug-likeness (QED) is 0.902. The Labute approximate surface area is 121 Å². The number of nitrogens with one attached hydrogen (secondary N) is 1. The molecular formula is C15H16FN5. The van der Waals surface area contributed by atoms with E-state index in [2.05, 4.69) is 26.3 Å². The maximum atomic E-state index is 14.1. The van der Waals surface area contributed by atoms with E-state index in [1.54, 1.807) is 12.4 Å². The molecule has 2 aliphatic rings. The van der Waals surface area contributed by atoms with E-state index in [9.17, 15) is 4.39 Å². The average Bonchev–Trinajstić information content (AvgIpc) is 3.13. The molecule has 2 atom stereocenters. The van der Waals surface area contributed by atoms with Crippen LogP contribution in [0.5, 0.6) is 0 Å². The summed E-state index contributed by atoms with van der Waals surface area (Å²) in [4.78, 5) is 10.6. The van der Waals surface area contributed by atoms with Crippen molar-refractivity contribution < 1.29 is 4.39 Å². The molecule has 0 saturated carbocycles.